The molecule has 0 unspecified atom stereocenters. The van der Waals surface area contributed by atoms with E-state index in [1.54, 1.807) is 24.3 Å². The summed E-state index contributed by atoms with van der Waals surface area (Å²) in [5.41, 5.74) is 1.30. The summed E-state index contributed by atoms with van der Waals surface area (Å²) in [7, 11) is 0. The van der Waals surface area contributed by atoms with Crippen molar-refractivity contribution in [3.05, 3.63) is 66.3 Å². The molecular weight excluding hydrogens is 488 g/mol. The number of nitrogens with one attached hydrogen (secondary N) is 1. The standard InChI is InChI=1S/C22H16F4N6O4/c1-12(33)36-19(22(24,25)26)21(34)29-18-6-8-27-20(28-18)16-10-17(15-7-9-35-31-15)32(30-16)11-13-4-2-3-5-14(13)23/h2-10,19H,11H2,1H3,(H,27,28,29,34)/t19-/m0/s1. The zero-order valence-corrected chi connectivity index (χ0v) is 18.4. The molecule has 1 N–H and O–H groups in total. The highest BCUT2D eigenvalue weighted by Crippen LogP contribution is 2.27. The quantitative estimate of drug-likeness (QED) is 0.299. The minimum atomic E-state index is -5.14. The van der Waals surface area contributed by atoms with E-state index in [-0.39, 0.29) is 23.9 Å². The van der Waals surface area contributed by atoms with Crippen LogP contribution in [0.1, 0.15) is 12.5 Å². The first kappa shape index (κ1) is 24.5. The molecule has 3 heterocycles. The van der Waals surface area contributed by atoms with Crippen LogP contribution >= 0.6 is 0 Å². The Kier molecular flexibility index (Phi) is 6.76. The van der Waals surface area contributed by atoms with E-state index in [9.17, 15) is 27.2 Å². The lowest BCUT2D eigenvalue weighted by molar-refractivity contribution is -0.216. The Labute approximate surface area is 199 Å². The molecule has 36 heavy (non-hydrogen) atoms. The number of anilines is 1. The number of rotatable bonds is 7. The minimum absolute atomic E-state index is 0.0148. The van der Waals surface area contributed by atoms with Crippen LogP contribution in [0.4, 0.5) is 23.4 Å². The first-order valence-electron chi connectivity index (χ1n) is 10.2. The van der Waals surface area contributed by atoms with Gasteiger partial charge in [-0.15, -0.1) is 0 Å². The third-order valence-corrected chi connectivity index (χ3v) is 4.71. The van der Waals surface area contributed by atoms with E-state index in [2.05, 4.69) is 25.0 Å². The molecule has 0 aliphatic heterocycles. The Morgan fingerprint density at radius 1 is 1.17 bits per heavy atom. The maximum atomic E-state index is 14.2. The number of carbonyl (C=O) groups excluding carboxylic acids is 2. The molecule has 10 nitrogen and oxygen atoms in total. The zero-order valence-electron chi connectivity index (χ0n) is 18.4. The predicted octanol–water partition coefficient (Wildman–Crippen LogP) is 3.62. The van der Waals surface area contributed by atoms with E-state index in [1.807, 2.05) is 5.32 Å². The topological polar surface area (TPSA) is 125 Å². The fraction of sp³-hybridized carbons (Fsp3) is 0.182. The summed E-state index contributed by atoms with van der Waals surface area (Å²) in [6, 6.07) is 10.3. The third kappa shape index (κ3) is 5.54. The lowest BCUT2D eigenvalue weighted by Crippen LogP contribution is -2.43. The van der Waals surface area contributed by atoms with Gasteiger partial charge in [0.25, 0.3) is 12.0 Å². The van der Waals surface area contributed by atoms with Gasteiger partial charge >= 0.3 is 12.1 Å². The highest BCUT2D eigenvalue weighted by atomic mass is 19.4. The maximum Gasteiger partial charge on any atom is 0.434 e. The van der Waals surface area contributed by atoms with Gasteiger partial charge in [-0.25, -0.2) is 14.4 Å². The molecule has 14 heteroatoms. The third-order valence-electron chi connectivity index (χ3n) is 4.71. The Morgan fingerprint density at radius 3 is 2.61 bits per heavy atom. The second kappa shape index (κ2) is 9.93. The summed E-state index contributed by atoms with van der Waals surface area (Å²) in [5, 5.41) is 10.2. The van der Waals surface area contributed by atoms with Crippen molar-refractivity contribution in [3.8, 4) is 22.9 Å². The van der Waals surface area contributed by atoms with Crippen LogP contribution in [-0.4, -0.2) is 49.1 Å². The molecule has 4 aromatic rings. The van der Waals surface area contributed by atoms with Crippen LogP contribution in [0.2, 0.25) is 0 Å². The van der Waals surface area contributed by atoms with Gasteiger partial charge in [-0.3, -0.25) is 14.3 Å². The summed E-state index contributed by atoms with van der Waals surface area (Å²) in [4.78, 5) is 31.3. The van der Waals surface area contributed by atoms with Gasteiger partial charge in [0.1, 0.15) is 29.3 Å². The van der Waals surface area contributed by atoms with Gasteiger partial charge in [-0.2, -0.15) is 18.3 Å². The molecule has 0 aliphatic carbocycles. The van der Waals surface area contributed by atoms with Crippen LogP contribution in [-0.2, 0) is 20.9 Å². The molecule has 0 saturated heterocycles. The summed E-state index contributed by atoms with van der Waals surface area (Å²) in [6.45, 7) is 0.764. The second-order valence-corrected chi connectivity index (χ2v) is 7.33. The molecule has 0 radical (unpaired) electrons. The number of nitrogens with zero attached hydrogens (tertiary/aromatic N) is 5. The molecule has 0 bridgehead atoms. The molecule has 1 atom stereocenters. The maximum absolute atomic E-state index is 14.2. The first-order chi connectivity index (χ1) is 17.1. The molecule has 0 aliphatic rings. The monoisotopic (exact) mass is 504 g/mol. The minimum Gasteiger partial charge on any atom is -0.443 e. The van der Waals surface area contributed by atoms with Crippen molar-refractivity contribution in [1.29, 1.82) is 0 Å². The fourth-order valence-corrected chi connectivity index (χ4v) is 3.16. The lowest BCUT2D eigenvalue weighted by atomic mass is 10.2. The van der Waals surface area contributed by atoms with Crippen LogP contribution < -0.4 is 5.32 Å². The molecule has 3 aromatic heterocycles. The van der Waals surface area contributed by atoms with Crippen molar-refractivity contribution in [2.45, 2.75) is 25.7 Å². The molecule has 0 saturated carbocycles. The number of halogens is 4. The Morgan fingerprint density at radius 2 is 1.94 bits per heavy atom. The van der Waals surface area contributed by atoms with Gasteiger partial charge in [-0.05, 0) is 18.2 Å². The Hall–Kier alpha value is -4.62. The first-order valence-corrected chi connectivity index (χ1v) is 10.2. The van der Waals surface area contributed by atoms with E-state index >= 15 is 0 Å². The number of esters is 1. The molecule has 1 amide bonds. The van der Waals surface area contributed by atoms with Crippen LogP contribution in [0.25, 0.3) is 22.9 Å². The van der Waals surface area contributed by atoms with Gasteiger partial charge in [0.05, 0.1) is 12.2 Å². The van der Waals surface area contributed by atoms with Gasteiger partial charge in [0.2, 0.25) is 0 Å². The number of benzene rings is 1. The molecule has 1 aromatic carbocycles. The van der Waals surface area contributed by atoms with Crippen LogP contribution in [0, 0.1) is 5.82 Å². The van der Waals surface area contributed by atoms with Gasteiger partial charge in [0.15, 0.2) is 5.82 Å². The average Bonchev–Trinajstić information content (AvgIpc) is 3.48. The van der Waals surface area contributed by atoms with E-state index in [0.717, 1.165) is 13.0 Å². The van der Waals surface area contributed by atoms with E-state index in [0.29, 0.717) is 17.0 Å². The number of aromatic nitrogens is 5. The molecular formula is C22H16F4N6O4. The highest BCUT2D eigenvalue weighted by Gasteiger charge is 2.48. The Balaban J connectivity index is 1.65. The summed E-state index contributed by atoms with van der Waals surface area (Å²) < 4.78 is 64.1. The van der Waals surface area contributed by atoms with Crippen molar-refractivity contribution in [2.75, 3.05) is 5.32 Å². The molecule has 0 spiro atoms. The normalized spacial score (nSPS) is 12.2. The molecule has 0 fully saturated rings. The summed E-state index contributed by atoms with van der Waals surface area (Å²) >= 11 is 0. The number of hydrogen-bond acceptors (Lipinski definition) is 8. The van der Waals surface area contributed by atoms with Crippen LogP contribution in [0.3, 0.4) is 0 Å². The van der Waals surface area contributed by atoms with Crippen molar-refractivity contribution < 1.29 is 36.4 Å². The number of amides is 1. The number of carbonyl (C=O) groups is 2. The molecule has 186 valence electrons. The van der Waals surface area contributed by atoms with Crippen molar-refractivity contribution in [3.63, 3.8) is 0 Å². The number of ether oxygens (including phenoxy) is 1. The van der Waals surface area contributed by atoms with Crippen LogP contribution in [0.5, 0.6) is 0 Å². The predicted molar refractivity (Wildman–Crippen MR) is 114 cm³/mol. The van der Waals surface area contributed by atoms with Gasteiger partial charge in [-0.1, -0.05) is 23.4 Å². The fourth-order valence-electron chi connectivity index (χ4n) is 3.16. The smallest absolute Gasteiger partial charge is 0.434 e. The highest BCUT2D eigenvalue weighted by molar-refractivity contribution is 5.95. The second-order valence-electron chi connectivity index (χ2n) is 7.33. The summed E-state index contributed by atoms with van der Waals surface area (Å²) in [5.74, 6) is -3.72. The summed E-state index contributed by atoms with van der Waals surface area (Å²) in [6.07, 6.45) is -5.63. The van der Waals surface area contributed by atoms with Crippen LogP contribution in [0.15, 0.2) is 59.4 Å². The molecule has 4 rings (SSSR count). The number of hydrogen-bond donors (Lipinski definition) is 1. The van der Waals surface area contributed by atoms with Crippen molar-refractivity contribution >= 4 is 17.7 Å². The lowest BCUT2D eigenvalue weighted by Gasteiger charge is -2.18. The number of alkyl halides is 3. The van der Waals surface area contributed by atoms with Gasteiger partial charge < -0.3 is 14.6 Å². The average molecular weight is 504 g/mol. The zero-order chi connectivity index (χ0) is 25.9. The van der Waals surface area contributed by atoms with E-state index in [4.69, 9.17) is 4.52 Å². The SMILES string of the molecule is CC(=O)O[C@@H](C(=O)Nc1ccnc(-c2cc(-c3ccon3)n(Cc3ccccc3F)n2)n1)C(F)(F)F. The van der Waals surface area contributed by atoms with Crippen molar-refractivity contribution in [2.24, 2.45) is 0 Å². The largest absolute Gasteiger partial charge is 0.443 e. The van der Waals surface area contributed by atoms with E-state index < -0.39 is 30.0 Å². The van der Waals surface area contributed by atoms with E-state index in [1.165, 1.54) is 29.3 Å². The van der Waals surface area contributed by atoms with Gasteiger partial charge in [0, 0.05) is 24.8 Å². The Bertz CT molecular complexity index is 1390. The van der Waals surface area contributed by atoms with Crippen molar-refractivity contribution in [1.82, 2.24) is 24.9 Å².